The van der Waals surface area contributed by atoms with E-state index in [-0.39, 0.29) is 11.9 Å². The summed E-state index contributed by atoms with van der Waals surface area (Å²) in [6.07, 6.45) is 4.76. The Morgan fingerprint density at radius 1 is 0.900 bits per heavy atom. The van der Waals surface area contributed by atoms with E-state index in [0.29, 0.717) is 0 Å². The summed E-state index contributed by atoms with van der Waals surface area (Å²) < 4.78 is 24.3. The van der Waals surface area contributed by atoms with E-state index in [1.54, 1.807) is 20.3 Å². The number of hydrazone groups is 1. The van der Waals surface area contributed by atoms with Crippen molar-refractivity contribution in [1.29, 1.82) is 0 Å². The van der Waals surface area contributed by atoms with Crippen molar-refractivity contribution in [3.05, 3.63) is 95.8 Å². The van der Waals surface area contributed by atoms with Crippen molar-refractivity contribution in [3.63, 3.8) is 0 Å². The zero-order valence-electron chi connectivity index (χ0n) is 17.0. The highest BCUT2D eigenvalue weighted by molar-refractivity contribution is 6.01. The molecular formula is C25H23FN2O2. The van der Waals surface area contributed by atoms with Crippen LogP contribution in [0.4, 0.5) is 10.1 Å². The third-order valence-electron chi connectivity index (χ3n) is 5.09. The van der Waals surface area contributed by atoms with E-state index in [4.69, 9.17) is 14.6 Å². The van der Waals surface area contributed by atoms with Crippen molar-refractivity contribution >= 4 is 17.5 Å². The molecule has 4 rings (SSSR count). The molecule has 5 heteroatoms. The number of halogens is 1. The summed E-state index contributed by atoms with van der Waals surface area (Å²) >= 11 is 0. The molecule has 1 heterocycles. The van der Waals surface area contributed by atoms with Gasteiger partial charge in [-0.3, -0.25) is 5.01 Å². The molecule has 4 nitrogen and oxygen atoms in total. The Balaban J connectivity index is 1.62. The predicted molar refractivity (Wildman–Crippen MR) is 119 cm³/mol. The maximum absolute atomic E-state index is 13.9. The molecule has 0 aromatic heterocycles. The lowest BCUT2D eigenvalue weighted by Gasteiger charge is -2.24. The molecular weight excluding hydrogens is 379 g/mol. The number of hydrogen-bond donors (Lipinski definition) is 0. The molecule has 1 atom stereocenters. The van der Waals surface area contributed by atoms with Crippen LogP contribution in [-0.4, -0.2) is 19.9 Å². The molecule has 0 saturated carbocycles. The number of methoxy groups -OCH3 is 2. The maximum Gasteiger partial charge on any atom is 0.125 e. The van der Waals surface area contributed by atoms with Crippen LogP contribution in [0.1, 0.15) is 23.6 Å². The Morgan fingerprint density at radius 3 is 2.20 bits per heavy atom. The second-order valence-corrected chi connectivity index (χ2v) is 7.02. The second kappa shape index (κ2) is 8.82. The van der Waals surface area contributed by atoms with Crippen LogP contribution in [0.3, 0.4) is 0 Å². The van der Waals surface area contributed by atoms with Gasteiger partial charge in [0.15, 0.2) is 0 Å². The van der Waals surface area contributed by atoms with E-state index in [2.05, 4.69) is 0 Å². The number of rotatable bonds is 6. The number of hydrogen-bond acceptors (Lipinski definition) is 4. The molecule has 3 aromatic carbocycles. The summed E-state index contributed by atoms with van der Waals surface area (Å²) in [4.78, 5) is 0. The molecule has 0 amide bonds. The van der Waals surface area contributed by atoms with Crippen LogP contribution in [0.5, 0.6) is 11.5 Å². The van der Waals surface area contributed by atoms with E-state index < -0.39 is 0 Å². The quantitative estimate of drug-likeness (QED) is 0.518. The number of benzene rings is 3. The van der Waals surface area contributed by atoms with Gasteiger partial charge in [-0.05, 0) is 59.7 Å². The van der Waals surface area contributed by atoms with Crippen molar-refractivity contribution in [1.82, 2.24) is 0 Å². The van der Waals surface area contributed by atoms with Gasteiger partial charge in [-0.1, -0.05) is 36.4 Å². The Morgan fingerprint density at radius 2 is 1.57 bits per heavy atom. The first kappa shape index (κ1) is 19.7. The molecule has 152 valence electrons. The smallest absolute Gasteiger partial charge is 0.125 e. The van der Waals surface area contributed by atoms with Crippen LogP contribution in [0.25, 0.3) is 6.08 Å². The fraction of sp³-hybridized carbons (Fsp3) is 0.160. The van der Waals surface area contributed by atoms with Crippen LogP contribution in [-0.2, 0) is 0 Å². The standard InChI is InChI=1S/C25H23FN2O2/c1-29-23-12-7-18(8-13-23)6-11-21-17-25(19-9-14-24(30-2)15-10-19)28(27-21)22-5-3-4-20(26)16-22/h3-16,25H,17H2,1-2H3/b11-6-/t25-/m1/s1. The molecule has 1 aliphatic heterocycles. The first-order chi connectivity index (χ1) is 14.7. The molecule has 0 aliphatic carbocycles. The molecule has 3 aromatic rings. The van der Waals surface area contributed by atoms with Gasteiger partial charge in [-0.2, -0.15) is 5.10 Å². The third-order valence-corrected chi connectivity index (χ3v) is 5.09. The van der Waals surface area contributed by atoms with Gasteiger partial charge in [-0.15, -0.1) is 0 Å². The second-order valence-electron chi connectivity index (χ2n) is 7.02. The van der Waals surface area contributed by atoms with E-state index in [1.807, 2.05) is 71.8 Å². The van der Waals surface area contributed by atoms with Crippen molar-refractivity contribution in [2.24, 2.45) is 5.10 Å². The molecule has 0 N–H and O–H groups in total. The Kier molecular flexibility index (Phi) is 5.80. The minimum atomic E-state index is -0.279. The minimum Gasteiger partial charge on any atom is -0.497 e. The van der Waals surface area contributed by atoms with Crippen LogP contribution in [0.2, 0.25) is 0 Å². The van der Waals surface area contributed by atoms with Crippen LogP contribution < -0.4 is 14.5 Å². The van der Waals surface area contributed by atoms with Gasteiger partial charge >= 0.3 is 0 Å². The predicted octanol–water partition coefficient (Wildman–Crippen LogP) is 5.86. The molecule has 0 spiro atoms. The first-order valence-corrected chi connectivity index (χ1v) is 9.74. The van der Waals surface area contributed by atoms with Crippen LogP contribution in [0.15, 0.2) is 84.0 Å². The first-order valence-electron chi connectivity index (χ1n) is 9.74. The topological polar surface area (TPSA) is 34.1 Å². The highest BCUT2D eigenvalue weighted by Crippen LogP contribution is 2.36. The largest absolute Gasteiger partial charge is 0.497 e. The highest BCUT2D eigenvalue weighted by atomic mass is 19.1. The SMILES string of the molecule is COc1ccc(/C=C\C2=NN(c3cccc(F)c3)[C@@H](c3ccc(OC)cc3)C2)cc1. The molecule has 0 bridgehead atoms. The summed E-state index contributed by atoms with van der Waals surface area (Å²) in [5.74, 6) is 1.34. The summed E-state index contributed by atoms with van der Waals surface area (Å²) in [7, 11) is 3.30. The maximum atomic E-state index is 13.9. The normalized spacial score (nSPS) is 16.0. The molecule has 0 unspecified atom stereocenters. The lowest BCUT2D eigenvalue weighted by atomic mass is 10.0. The third kappa shape index (κ3) is 4.35. The fourth-order valence-corrected chi connectivity index (χ4v) is 3.48. The lowest BCUT2D eigenvalue weighted by molar-refractivity contribution is 0.414. The summed E-state index contributed by atoms with van der Waals surface area (Å²) in [6.45, 7) is 0. The zero-order chi connectivity index (χ0) is 20.9. The average molecular weight is 402 g/mol. The molecule has 0 fully saturated rings. The van der Waals surface area contributed by atoms with E-state index in [1.165, 1.54) is 12.1 Å². The monoisotopic (exact) mass is 402 g/mol. The van der Waals surface area contributed by atoms with Gasteiger partial charge < -0.3 is 9.47 Å². The Bertz CT molecular complexity index is 1060. The summed E-state index contributed by atoms with van der Waals surface area (Å²) in [5, 5.41) is 6.68. The minimum absolute atomic E-state index is 0.0202. The highest BCUT2D eigenvalue weighted by Gasteiger charge is 2.28. The van der Waals surface area contributed by atoms with Gasteiger partial charge in [0.05, 0.1) is 31.7 Å². The van der Waals surface area contributed by atoms with Gasteiger partial charge in [-0.25, -0.2) is 4.39 Å². The molecule has 0 saturated heterocycles. The van der Waals surface area contributed by atoms with E-state index in [0.717, 1.165) is 40.4 Å². The summed E-state index contributed by atoms with van der Waals surface area (Å²) in [6, 6.07) is 22.3. The Hall–Kier alpha value is -3.60. The van der Waals surface area contributed by atoms with Crippen molar-refractivity contribution < 1.29 is 13.9 Å². The van der Waals surface area contributed by atoms with Gasteiger partial charge in [0, 0.05) is 6.42 Å². The van der Waals surface area contributed by atoms with Gasteiger partial charge in [0.2, 0.25) is 0 Å². The Labute approximate surface area is 175 Å². The van der Waals surface area contributed by atoms with E-state index in [9.17, 15) is 4.39 Å². The lowest BCUT2D eigenvalue weighted by Crippen LogP contribution is -2.18. The van der Waals surface area contributed by atoms with Crippen LogP contribution >= 0.6 is 0 Å². The molecule has 1 aliphatic rings. The van der Waals surface area contributed by atoms with Gasteiger partial charge in [0.1, 0.15) is 17.3 Å². The molecule has 0 radical (unpaired) electrons. The van der Waals surface area contributed by atoms with Gasteiger partial charge in [0.25, 0.3) is 0 Å². The molecule has 30 heavy (non-hydrogen) atoms. The van der Waals surface area contributed by atoms with Crippen molar-refractivity contribution in [3.8, 4) is 11.5 Å². The number of ether oxygens (including phenoxy) is 2. The average Bonchev–Trinajstić information content (AvgIpc) is 3.22. The zero-order valence-corrected chi connectivity index (χ0v) is 17.0. The van der Waals surface area contributed by atoms with Crippen molar-refractivity contribution in [2.45, 2.75) is 12.5 Å². The fourth-order valence-electron chi connectivity index (χ4n) is 3.48. The summed E-state index contributed by atoms with van der Waals surface area (Å²) in [5.41, 5.74) is 3.81. The number of anilines is 1. The van der Waals surface area contributed by atoms with Crippen molar-refractivity contribution in [2.75, 3.05) is 19.2 Å². The van der Waals surface area contributed by atoms with E-state index >= 15 is 0 Å². The number of nitrogens with zero attached hydrogens (tertiary/aromatic N) is 2. The van der Waals surface area contributed by atoms with Crippen LogP contribution in [0, 0.1) is 5.82 Å². The number of allylic oxidation sites excluding steroid dienone is 1.